The van der Waals surface area contributed by atoms with Crippen molar-refractivity contribution in [3.63, 3.8) is 0 Å². The van der Waals surface area contributed by atoms with Gasteiger partial charge in [0.05, 0.1) is 27.8 Å². The van der Waals surface area contributed by atoms with Gasteiger partial charge in [-0.3, -0.25) is 0 Å². The van der Waals surface area contributed by atoms with Gasteiger partial charge in [0.2, 0.25) is 0 Å². The maximum Gasteiger partial charge on any atom is 0.0620 e. The zero-order valence-electron chi connectivity index (χ0n) is 27.2. The van der Waals surface area contributed by atoms with Crippen LogP contribution in [-0.2, 0) is 0 Å². The highest BCUT2D eigenvalue weighted by atomic mass is 15.0. The molecule has 0 bridgehead atoms. The standard InChI is InChI=1S/C48H30N2/c1-2-13-31(14-3-1)32-15-12-16-35(27-32)49-44-22-9-7-20-39(44)41-28-33(25-26-47(41)49)34-29-42-37-18-5-4-17-36(37)38-19-6-10-23-45(38)50-46-24-11-8-21-40(46)43(30-34)48(42)50/h1-30H. The molecule has 232 valence electrons. The largest absolute Gasteiger partial charge is 0.309 e. The van der Waals surface area contributed by atoms with Crippen LogP contribution in [0.5, 0.6) is 0 Å². The maximum atomic E-state index is 2.49. The van der Waals surface area contributed by atoms with Crippen molar-refractivity contribution >= 4 is 43.6 Å². The van der Waals surface area contributed by atoms with Gasteiger partial charge in [-0.1, -0.05) is 127 Å². The van der Waals surface area contributed by atoms with Crippen LogP contribution in [-0.4, -0.2) is 9.13 Å². The molecule has 1 aliphatic heterocycles. The van der Waals surface area contributed by atoms with E-state index < -0.39 is 0 Å². The lowest BCUT2D eigenvalue weighted by molar-refractivity contribution is 1.18. The smallest absolute Gasteiger partial charge is 0.0620 e. The zero-order chi connectivity index (χ0) is 32.8. The Morgan fingerprint density at radius 3 is 1.68 bits per heavy atom. The van der Waals surface area contributed by atoms with Crippen molar-refractivity contribution in [1.82, 2.24) is 9.13 Å². The molecule has 10 aromatic rings. The normalized spacial score (nSPS) is 12.0. The van der Waals surface area contributed by atoms with Gasteiger partial charge in [-0.2, -0.15) is 0 Å². The Labute approximate surface area is 289 Å². The molecular formula is C48H30N2. The topological polar surface area (TPSA) is 9.86 Å². The Kier molecular flexibility index (Phi) is 5.70. The number of nitrogens with zero attached hydrogens (tertiary/aromatic N) is 2. The zero-order valence-corrected chi connectivity index (χ0v) is 27.2. The van der Waals surface area contributed by atoms with E-state index in [0.717, 1.165) is 5.69 Å². The van der Waals surface area contributed by atoms with Crippen molar-refractivity contribution in [2.75, 3.05) is 0 Å². The summed E-state index contributed by atoms with van der Waals surface area (Å²) in [6.45, 7) is 0. The van der Waals surface area contributed by atoms with Crippen LogP contribution in [0.4, 0.5) is 0 Å². The molecule has 2 aromatic heterocycles. The van der Waals surface area contributed by atoms with Gasteiger partial charge in [0, 0.05) is 38.4 Å². The molecule has 0 fully saturated rings. The Morgan fingerprint density at radius 1 is 0.280 bits per heavy atom. The molecule has 0 radical (unpaired) electrons. The molecular weight excluding hydrogens is 605 g/mol. The molecule has 0 aliphatic carbocycles. The molecule has 11 rings (SSSR count). The second-order valence-corrected chi connectivity index (χ2v) is 13.3. The number of rotatable bonds is 3. The summed E-state index contributed by atoms with van der Waals surface area (Å²) in [7, 11) is 0. The Balaban J connectivity index is 1.17. The van der Waals surface area contributed by atoms with Crippen molar-refractivity contribution in [3.8, 4) is 55.9 Å². The van der Waals surface area contributed by atoms with Crippen LogP contribution in [0.3, 0.4) is 0 Å². The molecule has 2 nitrogen and oxygen atoms in total. The molecule has 0 amide bonds. The maximum absolute atomic E-state index is 2.49. The minimum absolute atomic E-state index is 1.16. The van der Waals surface area contributed by atoms with Gasteiger partial charge in [-0.05, 0) is 88.0 Å². The average Bonchev–Trinajstić information content (AvgIpc) is 3.66. The number of benzene rings is 8. The van der Waals surface area contributed by atoms with E-state index in [2.05, 4.69) is 191 Å². The summed E-state index contributed by atoms with van der Waals surface area (Å²) in [4.78, 5) is 0. The van der Waals surface area contributed by atoms with E-state index in [9.17, 15) is 0 Å². The van der Waals surface area contributed by atoms with Crippen LogP contribution in [0.15, 0.2) is 182 Å². The molecule has 0 unspecified atom stereocenters. The fraction of sp³-hybridized carbons (Fsp3) is 0. The molecule has 50 heavy (non-hydrogen) atoms. The monoisotopic (exact) mass is 634 g/mol. The predicted molar refractivity (Wildman–Crippen MR) is 210 cm³/mol. The van der Waals surface area contributed by atoms with Crippen molar-refractivity contribution < 1.29 is 0 Å². The number of para-hydroxylation sites is 3. The lowest BCUT2D eigenvalue weighted by atomic mass is 9.91. The molecule has 0 saturated carbocycles. The van der Waals surface area contributed by atoms with E-state index in [1.807, 2.05) is 0 Å². The third kappa shape index (κ3) is 3.85. The first kappa shape index (κ1) is 27.3. The highest BCUT2D eigenvalue weighted by Gasteiger charge is 2.25. The molecule has 2 heteroatoms. The van der Waals surface area contributed by atoms with Crippen LogP contribution in [0.2, 0.25) is 0 Å². The lowest BCUT2D eigenvalue weighted by Crippen LogP contribution is -1.95. The van der Waals surface area contributed by atoms with Gasteiger partial charge in [-0.15, -0.1) is 0 Å². The number of fused-ring (bicyclic) bond motifs is 11. The second kappa shape index (κ2) is 10.4. The SMILES string of the molecule is c1ccc(-c2cccc(-n3c4ccccc4c4cc(-c5cc6c7c(c5)c5ccccc5n7-c5ccccc5-c5ccccc5-6)ccc43)c2)cc1. The van der Waals surface area contributed by atoms with Gasteiger partial charge >= 0.3 is 0 Å². The molecule has 0 atom stereocenters. The first-order valence-corrected chi connectivity index (χ1v) is 17.3. The van der Waals surface area contributed by atoms with Crippen LogP contribution in [0.25, 0.3) is 99.5 Å². The fourth-order valence-corrected chi connectivity index (χ4v) is 8.45. The van der Waals surface area contributed by atoms with Gasteiger partial charge in [0.15, 0.2) is 0 Å². The average molecular weight is 635 g/mol. The van der Waals surface area contributed by atoms with Crippen LogP contribution < -0.4 is 0 Å². The van der Waals surface area contributed by atoms with Crippen molar-refractivity contribution in [3.05, 3.63) is 182 Å². The highest BCUT2D eigenvalue weighted by molar-refractivity contribution is 6.18. The van der Waals surface area contributed by atoms with E-state index in [-0.39, 0.29) is 0 Å². The first-order valence-electron chi connectivity index (χ1n) is 17.3. The fourth-order valence-electron chi connectivity index (χ4n) is 8.45. The minimum atomic E-state index is 1.16. The third-order valence-electron chi connectivity index (χ3n) is 10.6. The summed E-state index contributed by atoms with van der Waals surface area (Å²) in [5.74, 6) is 0. The summed E-state index contributed by atoms with van der Waals surface area (Å²) in [6, 6.07) is 66.8. The Morgan fingerprint density at radius 2 is 0.860 bits per heavy atom. The van der Waals surface area contributed by atoms with Crippen LogP contribution in [0.1, 0.15) is 0 Å². The van der Waals surface area contributed by atoms with E-state index in [1.165, 1.54) is 93.8 Å². The minimum Gasteiger partial charge on any atom is -0.309 e. The first-order chi connectivity index (χ1) is 24.8. The van der Waals surface area contributed by atoms with Gasteiger partial charge in [0.25, 0.3) is 0 Å². The lowest BCUT2D eigenvalue weighted by Gasteiger charge is -2.12. The van der Waals surface area contributed by atoms with E-state index in [4.69, 9.17) is 0 Å². The number of hydrogen-bond acceptors (Lipinski definition) is 0. The van der Waals surface area contributed by atoms with Crippen molar-refractivity contribution in [1.29, 1.82) is 0 Å². The van der Waals surface area contributed by atoms with E-state index >= 15 is 0 Å². The summed E-state index contributed by atoms with van der Waals surface area (Å²) in [5, 5.41) is 5.06. The molecule has 0 spiro atoms. The summed E-state index contributed by atoms with van der Waals surface area (Å²) in [5.41, 5.74) is 17.2. The van der Waals surface area contributed by atoms with E-state index in [1.54, 1.807) is 0 Å². The molecule has 8 aromatic carbocycles. The Bertz CT molecular complexity index is 2980. The Hall–Kier alpha value is -6.64. The molecule has 0 N–H and O–H groups in total. The van der Waals surface area contributed by atoms with Gasteiger partial charge in [0.1, 0.15) is 0 Å². The predicted octanol–water partition coefficient (Wildman–Crippen LogP) is 12.9. The van der Waals surface area contributed by atoms with Crippen LogP contribution >= 0.6 is 0 Å². The summed E-state index contributed by atoms with van der Waals surface area (Å²) >= 11 is 0. The molecule has 0 saturated heterocycles. The third-order valence-corrected chi connectivity index (χ3v) is 10.6. The number of hydrogen-bond donors (Lipinski definition) is 0. The summed E-state index contributed by atoms with van der Waals surface area (Å²) in [6.07, 6.45) is 0. The van der Waals surface area contributed by atoms with Crippen molar-refractivity contribution in [2.24, 2.45) is 0 Å². The number of aromatic nitrogens is 2. The molecule has 3 heterocycles. The van der Waals surface area contributed by atoms with Gasteiger partial charge < -0.3 is 9.13 Å². The van der Waals surface area contributed by atoms with Crippen LogP contribution in [0, 0.1) is 0 Å². The van der Waals surface area contributed by atoms with E-state index in [0.29, 0.717) is 0 Å². The highest BCUT2D eigenvalue weighted by Crippen LogP contribution is 2.48. The quantitative estimate of drug-likeness (QED) is 0.183. The molecule has 1 aliphatic rings. The summed E-state index contributed by atoms with van der Waals surface area (Å²) < 4.78 is 4.90. The van der Waals surface area contributed by atoms with Crippen molar-refractivity contribution in [2.45, 2.75) is 0 Å². The van der Waals surface area contributed by atoms with Gasteiger partial charge in [-0.25, -0.2) is 0 Å². The second-order valence-electron chi connectivity index (χ2n) is 13.3.